The van der Waals surface area contributed by atoms with Gasteiger partial charge in [0.2, 0.25) is 0 Å². The summed E-state index contributed by atoms with van der Waals surface area (Å²) >= 11 is 0. The van der Waals surface area contributed by atoms with E-state index >= 15 is 0 Å². The molecule has 0 bridgehead atoms. The van der Waals surface area contributed by atoms with Crippen LogP contribution in [0.5, 0.6) is 0 Å². The van der Waals surface area contributed by atoms with Crippen LogP contribution in [0.4, 0.5) is 0 Å². The van der Waals surface area contributed by atoms with Crippen molar-refractivity contribution in [1.29, 1.82) is 0 Å². The minimum Gasteiger partial charge on any atom is -0.456 e. The molecule has 0 fully saturated rings. The second kappa shape index (κ2) is 12.3. The summed E-state index contributed by atoms with van der Waals surface area (Å²) in [6.07, 6.45) is 0. The molecule has 0 amide bonds. The highest BCUT2D eigenvalue weighted by atomic mass is 16.3. The number of furan rings is 3. The summed E-state index contributed by atoms with van der Waals surface area (Å²) in [5, 5.41) is 6.34. The number of rotatable bonds is 5. The third-order valence-corrected chi connectivity index (χ3v) is 11.0. The van der Waals surface area contributed by atoms with Gasteiger partial charge in [0.15, 0.2) is 17.5 Å². The molecule has 0 spiro atoms. The van der Waals surface area contributed by atoms with Crippen LogP contribution in [0.15, 0.2) is 189 Å². The van der Waals surface area contributed by atoms with Gasteiger partial charge in [-0.05, 0) is 65.2 Å². The summed E-state index contributed by atoms with van der Waals surface area (Å²) in [6.45, 7) is 0. The zero-order chi connectivity index (χ0) is 37.5. The maximum absolute atomic E-state index is 6.74. The van der Waals surface area contributed by atoms with Crippen LogP contribution >= 0.6 is 0 Å². The fourth-order valence-electron chi connectivity index (χ4n) is 8.30. The van der Waals surface area contributed by atoms with Crippen molar-refractivity contribution in [2.75, 3.05) is 0 Å². The standard InChI is InChI=1S/C51H29N3O3/c1-3-12-30(13-4-1)49-52-50(31-14-5-2-6-15-31)54-51(53-49)33-22-24-35-40-28-32(23-27-43(40)56-45(35)29-33)34-25-26-37(48-47(34)39-17-8-10-20-42(39)57-48)36-18-11-21-44-46(36)38-16-7-9-19-41(38)55-44/h1-29H. The lowest BCUT2D eigenvalue weighted by Crippen LogP contribution is -2.00. The van der Waals surface area contributed by atoms with Crippen molar-refractivity contribution >= 4 is 65.8 Å². The number of para-hydroxylation sites is 2. The summed E-state index contributed by atoms with van der Waals surface area (Å²) in [4.78, 5) is 14.7. The fourth-order valence-corrected chi connectivity index (χ4v) is 8.30. The van der Waals surface area contributed by atoms with Gasteiger partial charge in [0.1, 0.15) is 33.5 Å². The highest BCUT2D eigenvalue weighted by Gasteiger charge is 2.21. The van der Waals surface area contributed by atoms with E-state index in [-0.39, 0.29) is 0 Å². The van der Waals surface area contributed by atoms with Crippen LogP contribution in [0.1, 0.15) is 0 Å². The summed E-state index contributed by atoms with van der Waals surface area (Å²) in [7, 11) is 0. The first-order valence-electron chi connectivity index (χ1n) is 18.9. The van der Waals surface area contributed by atoms with Crippen LogP contribution in [0.3, 0.4) is 0 Å². The molecule has 0 N–H and O–H groups in total. The van der Waals surface area contributed by atoms with Crippen LogP contribution < -0.4 is 0 Å². The van der Waals surface area contributed by atoms with Gasteiger partial charge in [0.25, 0.3) is 0 Å². The molecule has 6 heteroatoms. The van der Waals surface area contributed by atoms with Gasteiger partial charge in [0.05, 0.1) is 0 Å². The van der Waals surface area contributed by atoms with Gasteiger partial charge in [-0.25, -0.2) is 15.0 Å². The molecular formula is C51H29N3O3. The molecule has 0 aliphatic heterocycles. The Balaban J connectivity index is 1.01. The summed E-state index contributed by atoms with van der Waals surface area (Å²) in [5.74, 6) is 1.82. The first-order chi connectivity index (χ1) is 28.2. The molecule has 0 atom stereocenters. The molecule has 0 aliphatic carbocycles. The van der Waals surface area contributed by atoms with Crippen LogP contribution in [0.2, 0.25) is 0 Å². The smallest absolute Gasteiger partial charge is 0.164 e. The largest absolute Gasteiger partial charge is 0.456 e. The number of hydrogen-bond donors (Lipinski definition) is 0. The number of hydrogen-bond acceptors (Lipinski definition) is 6. The minimum absolute atomic E-state index is 0.583. The predicted octanol–water partition coefficient (Wildman–Crippen LogP) is 13.9. The van der Waals surface area contributed by atoms with Gasteiger partial charge in [-0.3, -0.25) is 0 Å². The van der Waals surface area contributed by atoms with E-state index in [4.69, 9.17) is 28.2 Å². The molecule has 12 aromatic rings. The molecule has 57 heavy (non-hydrogen) atoms. The van der Waals surface area contributed by atoms with E-state index in [1.165, 1.54) is 0 Å². The fraction of sp³-hybridized carbons (Fsp3) is 0. The number of fused-ring (bicyclic) bond motifs is 9. The monoisotopic (exact) mass is 731 g/mol. The van der Waals surface area contributed by atoms with Crippen molar-refractivity contribution < 1.29 is 13.3 Å². The lowest BCUT2D eigenvalue weighted by molar-refractivity contribution is 0.668. The Hall–Kier alpha value is -7.83. The van der Waals surface area contributed by atoms with Crippen molar-refractivity contribution in [3.63, 3.8) is 0 Å². The highest BCUT2D eigenvalue weighted by Crippen LogP contribution is 2.46. The van der Waals surface area contributed by atoms with Gasteiger partial charge in [-0.15, -0.1) is 0 Å². The molecular weight excluding hydrogens is 703 g/mol. The van der Waals surface area contributed by atoms with Crippen LogP contribution in [0, 0.1) is 0 Å². The third-order valence-electron chi connectivity index (χ3n) is 11.0. The Labute approximate surface area is 325 Å². The molecule has 4 aromatic heterocycles. The van der Waals surface area contributed by atoms with Gasteiger partial charge >= 0.3 is 0 Å². The van der Waals surface area contributed by atoms with Gasteiger partial charge in [-0.2, -0.15) is 0 Å². The summed E-state index contributed by atoms with van der Waals surface area (Å²) < 4.78 is 19.5. The first-order valence-corrected chi connectivity index (χ1v) is 18.9. The molecule has 0 unspecified atom stereocenters. The zero-order valence-electron chi connectivity index (χ0n) is 30.3. The van der Waals surface area contributed by atoms with Gasteiger partial charge in [0, 0.05) is 54.6 Å². The van der Waals surface area contributed by atoms with Crippen molar-refractivity contribution in [2.45, 2.75) is 0 Å². The van der Waals surface area contributed by atoms with E-state index < -0.39 is 0 Å². The van der Waals surface area contributed by atoms with E-state index in [1.807, 2.05) is 97.1 Å². The number of benzene rings is 8. The Morgan fingerprint density at radius 2 is 0.842 bits per heavy atom. The van der Waals surface area contributed by atoms with E-state index in [9.17, 15) is 0 Å². The lowest BCUT2D eigenvalue weighted by atomic mass is 9.92. The molecule has 0 aliphatic rings. The van der Waals surface area contributed by atoms with Crippen molar-refractivity contribution in [3.05, 3.63) is 176 Å². The third kappa shape index (κ3) is 5.01. The Morgan fingerprint density at radius 3 is 1.58 bits per heavy atom. The second-order valence-electron chi connectivity index (χ2n) is 14.3. The van der Waals surface area contributed by atoms with E-state index in [0.29, 0.717) is 17.5 Å². The first kappa shape index (κ1) is 31.5. The number of nitrogens with zero attached hydrogens (tertiary/aromatic N) is 3. The molecule has 0 radical (unpaired) electrons. The highest BCUT2D eigenvalue weighted by molar-refractivity contribution is 6.21. The quantitative estimate of drug-likeness (QED) is 0.175. The van der Waals surface area contributed by atoms with Gasteiger partial charge in [-0.1, -0.05) is 127 Å². The molecule has 12 rings (SSSR count). The topological polar surface area (TPSA) is 78.1 Å². The molecule has 8 aromatic carbocycles. The van der Waals surface area contributed by atoms with E-state index in [1.54, 1.807) is 0 Å². The summed E-state index contributed by atoms with van der Waals surface area (Å²) in [5.41, 5.74) is 11.9. The Bertz CT molecular complexity index is 3470. The maximum atomic E-state index is 6.74. The molecule has 0 saturated carbocycles. The van der Waals surface area contributed by atoms with Crippen molar-refractivity contribution in [1.82, 2.24) is 15.0 Å². The molecule has 0 saturated heterocycles. The minimum atomic E-state index is 0.583. The van der Waals surface area contributed by atoms with Gasteiger partial charge < -0.3 is 13.3 Å². The Morgan fingerprint density at radius 1 is 0.281 bits per heavy atom. The lowest BCUT2D eigenvalue weighted by Gasteiger charge is -2.10. The molecule has 6 nitrogen and oxygen atoms in total. The van der Waals surface area contributed by atoms with Crippen molar-refractivity contribution in [2.24, 2.45) is 0 Å². The molecule has 266 valence electrons. The average Bonchev–Trinajstić information content (AvgIpc) is 3.98. The van der Waals surface area contributed by atoms with E-state index in [2.05, 4.69) is 78.9 Å². The normalized spacial score (nSPS) is 11.9. The average molecular weight is 732 g/mol. The van der Waals surface area contributed by atoms with E-state index in [0.717, 1.165) is 105 Å². The Kier molecular flexibility index (Phi) is 6.83. The number of aromatic nitrogens is 3. The SMILES string of the molecule is c1ccc(-c2nc(-c3ccccc3)nc(-c3ccc4c(c3)oc3ccc(-c5ccc(-c6cccc7oc8ccccc8c67)c6oc7ccccc7c56)cc34)n2)cc1. The predicted molar refractivity (Wildman–Crippen MR) is 229 cm³/mol. The van der Waals surface area contributed by atoms with Crippen molar-refractivity contribution in [3.8, 4) is 56.4 Å². The van der Waals surface area contributed by atoms with Crippen LogP contribution in [0.25, 0.3) is 122 Å². The van der Waals surface area contributed by atoms with Crippen LogP contribution in [-0.4, -0.2) is 15.0 Å². The zero-order valence-corrected chi connectivity index (χ0v) is 30.3. The molecule has 4 heterocycles. The summed E-state index contributed by atoms with van der Waals surface area (Å²) in [6, 6.07) is 59.8. The second-order valence-corrected chi connectivity index (χ2v) is 14.3. The maximum Gasteiger partial charge on any atom is 0.164 e. The van der Waals surface area contributed by atoms with Crippen LogP contribution in [-0.2, 0) is 0 Å².